The molecule has 0 aromatic heterocycles. The van der Waals surface area contributed by atoms with E-state index in [0.717, 1.165) is 32.1 Å². The zero-order valence-electron chi connectivity index (χ0n) is 36.2. The number of phosphoric acid groups is 1. The monoisotopic (exact) mass is 829 g/mol. The molecule has 2 rings (SSSR count). The van der Waals surface area contributed by atoms with E-state index >= 15 is 0 Å². The third-order valence-electron chi connectivity index (χ3n) is 10.6. The Hall–Kier alpha value is -1.92. The summed E-state index contributed by atoms with van der Waals surface area (Å²) in [6, 6.07) is 0. The second kappa shape index (κ2) is 29.3. The fraction of sp³-hybridized carbons (Fsp3) is 0.841. The Morgan fingerprint density at radius 3 is 2.05 bits per heavy atom. The highest BCUT2D eigenvalue weighted by Gasteiger charge is 2.42. The van der Waals surface area contributed by atoms with Gasteiger partial charge in [-0.1, -0.05) is 116 Å². The number of hydrogen-bond acceptors (Lipinski definition) is 10. The zero-order valence-corrected chi connectivity index (χ0v) is 37.1. The van der Waals surface area contributed by atoms with Gasteiger partial charge < -0.3 is 28.7 Å². The molecule has 0 bridgehead atoms. The van der Waals surface area contributed by atoms with Crippen LogP contribution in [0.5, 0.6) is 0 Å². The molecule has 2 aliphatic rings. The van der Waals surface area contributed by atoms with Crippen molar-refractivity contribution in [3.63, 3.8) is 0 Å². The number of quaternary nitrogens is 1. The van der Waals surface area contributed by atoms with Gasteiger partial charge in [-0.3, -0.25) is 23.4 Å². The van der Waals surface area contributed by atoms with E-state index in [1.165, 1.54) is 77.0 Å². The highest BCUT2D eigenvalue weighted by molar-refractivity contribution is 7.47. The molecule has 1 heterocycles. The van der Waals surface area contributed by atoms with Crippen molar-refractivity contribution in [1.82, 2.24) is 0 Å². The number of carbonyl (C=O) groups is 3. The van der Waals surface area contributed by atoms with Crippen LogP contribution >= 0.6 is 7.82 Å². The summed E-state index contributed by atoms with van der Waals surface area (Å²) in [6.45, 7) is 4.02. The maximum Gasteiger partial charge on any atom is 0.472 e. The van der Waals surface area contributed by atoms with Gasteiger partial charge in [0.15, 0.2) is 11.9 Å². The van der Waals surface area contributed by atoms with Gasteiger partial charge in [0.25, 0.3) is 0 Å². The number of esters is 2. The second-order valence-corrected chi connectivity index (χ2v) is 18.5. The van der Waals surface area contributed by atoms with Crippen LogP contribution in [0.3, 0.4) is 0 Å². The number of likely N-dealkylation sites (N-methyl/N-ethyl adjacent to an activating group) is 1. The molecule has 13 heteroatoms. The van der Waals surface area contributed by atoms with Gasteiger partial charge >= 0.3 is 19.8 Å². The third kappa shape index (κ3) is 25.3. The van der Waals surface area contributed by atoms with Crippen LogP contribution in [0.25, 0.3) is 0 Å². The number of ether oxygens (including phenoxy) is 3. The predicted molar refractivity (Wildman–Crippen MR) is 223 cm³/mol. The Labute approximate surface area is 344 Å². The van der Waals surface area contributed by atoms with E-state index in [2.05, 4.69) is 26.0 Å². The van der Waals surface area contributed by atoms with Crippen molar-refractivity contribution in [3.05, 3.63) is 23.8 Å². The Bertz CT molecular complexity index is 1250. The number of nitrogens with zero attached hydrogens (tertiary/aromatic N) is 1. The van der Waals surface area contributed by atoms with Gasteiger partial charge in [0.2, 0.25) is 0 Å². The average molecular weight is 829 g/mol. The Balaban J connectivity index is 1.80. The van der Waals surface area contributed by atoms with E-state index in [4.69, 9.17) is 23.3 Å². The molecule has 0 radical (unpaired) electrons. The van der Waals surface area contributed by atoms with Crippen LogP contribution in [0.15, 0.2) is 23.8 Å². The van der Waals surface area contributed by atoms with Gasteiger partial charge in [-0.05, 0) is 50.2 Å². The summed E-state index contributed by atoms with van der Waals surface area (Å²) in [5, 5.41) is 10.7. The van der Waals surface area contributed by atoms with Crippen LogP contribution in [0.2, 0.25) is 0 Å². The molecule has 5 unspecified atom stereocenters. The fourth-order valence-electron chi connectivity index (χ4n) is 6.98. The molecule has 1 saturated carbocycles. The lowest BCUT2D eigenvalue weighted by Crippen LogP contribution is -2.37. The lowest BCUT2D eigenvalue weighted by atomic mass is 9.93. The highest BCUT2D eigenvalue weighted by Crippen LogP contribution is 2.43. The van der Waals surface area contributed by atoms with E-state index in [-0.39, 0.29) is 50.5 Å². The molecule has 0 aromatic rings. The lowest BCUT2D eigenvalue weighted by molar-refractivity contribution is -0.870. The van der Waals surface area contributed by atoms with E-state index in [9.17, 15) is 28.9 Å². The van der Waals surface area contributed by atoms with Crippen LogP contribution < -0.4 is 0 Å². The van der Waals surface area contributed by atoms with Crippen molar-refractivity contribution >= 4 is 25.5 Å². The summed E-state index contributed by atoms with van der Waals surface area (Å²) in [7, 11) is 1.29. The number of carbonyl (C=O) groups excluding carboxylic acids is 3. The molecule has 0 amide bonds. The van der Waals surface area contributed by atoms with Gasteiger partial charge in [0, 0.05) is 25.2 Å². The molecule has 1 aliphatic carbocycles. The lowest BCUT2D eigenvalue weighted by Gasteiger charge is -2.24. The average Bonchev–Trinajstić information content (AvgIpc) is 3.84. The predicted octanol–water partition coefficient (Wildman–Crippen LogP) is 9.10. The molecule has 0 spiro atoms. The number of ketones is 1. The van der Waals surface area contributed by atoms with Gasteiger partial charge in [-0.25, -0.2) is 4.57 Å². The van der Waals surface area contributed by atoms with Crippen LogP contribution in [-0.2, 0) is 42.2 Å². The molecule has 0 aromatic carbocycles. The summed E-state index contributed by atoms with van der Waals surface area (Å²) in [5.41, 5.74) is 0.556. The molecule has 330 valence electrons. The molecule has 12 nitrogen and oxygen atoms in total. The first kappa shape index (κ1) is 51.2. The summed E-state index contributed by atoms with van der Waals surface area (Å²) in [5.74, 6) is -1.56. The number of hydrogen-bond donors (Lipinski definition) is 2. The topological polar surface area (TPSA) is 158 Å². The van der Waals surface area contributed by atoms with Gasteiger partial charge in [0.05, 0.1) is 40.0 Å². The van der Waals surface area contributed by atoms with Crippen LogP contribution in [-0.4, -0.2) is 104 Å². The minimum absolute atomic E-state index is 0.0223. The minimum atomic E-state index is -4.47. The fourth-order valence-corrected chi connectivity index (χ4v) is 7.72. The standard InChI is InChI=1S/C44H78NO11P/c1-6-8-10-12-14-15-16-17-18-19-20-22-24-28-43(48)52-34-36(35-54-57(50,51)53-31-30-45(3,4)5)55-44(49)29-25-26-37-38(40(47)33-39(37)46)32-42-41(56-42)27-23-21-13-11-9-7-2/h21,23,32,36-37,39,41-42,46H,6-20,22,24-31,33-35H2,1-5H3/p+1/b23-21-,38-32-/t36-,37?,39?,41?,42?/m1/s1. The van der Waals surface area contributed by atoms with Gasteiger partial charge in [-0.2, -0.15) is 0 Å². The van der Waals surface area contributed by atoms with Gasteiger partial charge in [0.1, 0.15) is 25.9 Å². The van der Waals surface area contributed by atoms with Crippen molar-refractivity contribution in [2.75, 3.05) is 47.5 Å². The van der Waals surface area contributed by atoms with Crippen molar-refractivity contribution in [2.45, 2.75) is 186 Å². The number of aliphatic hydroxyl groups is 1. The molecule has 2 fully saturated rings. The van der Waals surface area contributed by atoms with Crippen LogP contribution in [0.1, 0.15) is 162 Å². The molecule has 57 heavy (non-hydrogen) atoms. The summed E-state index contributed by atoms with van der Waals surface area (Å²) in [6.07, 6.45) is 26.0. The number of Topliss-reactive ketones (excluding diaryl/α,β-unsaturated/α-hetero) is 1. The normalized spacial score (nSPS) is 21.9. The number of rotatable bonds is 35. The third-order valence-corrected chi connectivity index (χ3v) is 11.6. The first-order valence-corrected chi connectivity index (χ1v) is 23.7. The smallest absolute Gasteiger partial charge is 0.462 e. The molecule has 2 N–H and O–H groups in total. The molecular formula is C44H79NO11P+. The van der Waals surface area contributed by atoms with E-state index in [0.29, 0.717) is 35.9 Å². The van der Waals surface area contributed by atoms with E-state index in [1.807, 2.05) is 27.2 Å². The first-order chi connectivity index (χ1) is 27.2. The van der Waals surface area contributed by atoms with Crippen molar-refractivity contribution in [2.24, 2.45) is 5.92 Å². The van der Waals surface area contributed by atoms with Crippen molar-refractivity contribution in [3.8, 4) is 0 Å². The number of phosphoric ester groups is 1. The highest BCUT2D eigenvalue weighted by atomic mass is 31.2. The van der Waals surface area contributed by atoms with Crippen molar-refractivity contribution < 1.29 is 56.7 Å². The Morgan fingerprint density at radius 1 is 0.825 bits per heavy atom. The largest absolute Gasteiger partial charge is 0.472 e. The summed E-state index contributed by atoms with van der Waals surface area (Å²) in [4.78, 5) is 48.5. The number of allylic oxidation sites excluding steroid dienone is 1. The number of aliphatic hydroxyl groups excluding tert-OH is 1. The van der Waals surface area contributed by atoms with Gasteiger partial charge in [-0.15, -0.1) is 0 Å². The van der Waals surface area contributed by atoms with Crippen LogP contribution in [0, 0.1) is 5.92 Å². The van der Waals surface area contributed by atoms with E-state index < -0.39 is 44.5 Å². The summed E-state index contributed by atoms with van der Waals surface area (Å²) < 4.78 is 40.1. The van der Waals surface area contributed by atoms with Crippen molar-refractivity contribution in [1.29, 1.82) is 0 Å². The summed E-state index contributed by atoms with van der Waals surface area (Å²) >= 11 is 0. The maximum absolute atomic E-state index is 13.0. The maximum atomic E-state index is 13.0. The van der Waals surface area contributed by atoms with Crippen LogP contribution in [0.4, 0.5) is 0 Å². The number of epoxide rings is 1. The quantitative estimate of drug-likeness (QED) is 0.0119. The molecule has 6 atom stereocenters. The molecule has 1 saturated heterocycles. The second-order valence-electron chi connectivity index (χ2n) is 17.1. The first-order valence-electron chi connectivity index (χ1n) is 22.3. The Morgan fingerprint density at radius 2 is 1.42 bits per heavy atom. The van der Waals surface area contributed by atoms with E-state index in [1.54, 1.807) is 0 Å². The Kier molecular flexibility index (Phi) is 26.4. The zero-order chi connectivity index (χ0) is 41.9. The molecule has 1 aliphatic heterocycles. The number of unbranched alkanes of at least 4 members (excludes halogenated alkanes) is 15. The SMILES string of the molecule is CCCCC/C=C\CC1OC1/C=C1\C(=O)CC(O)C1CCCC(=O)O[C@H](COC(=O)CCCCCCCCCCCCCCC)COP(=O)(O)OCC[N+](C)(C)C. The minimum Gasteiger partial charge on any atom is -0.462 e. The molecular weight excluding hydrogens is 749 g/mol.